The van der Waals surface area contributed by atoms with Gasteiger partial charge in [-0.1, -0.05) is 12.8 Å². The van der Waals surface area contributed by atoms with Crippen molar-refractivity contribution in [1.82, 2.24) is 10.2 Å². The number of amides is 2. The van der Waals surface area contributed by atoms with Crippen molar-refractivity contribution in [2.24, 2.45) is 5.73 Å². The quantitative estimate of drug-likeness (QED) is 0.712. The van der Waals surface area contributed by atoms with Gasteiger partial charge in [0.25, 0.3) is 0 Å². The van der Waals surface area contributed by atoms with E-state index in [1.165, 1.54) is 0 Å². The first kappa shape index (κ1) is 14.3. The first-order chi connectivity index (χ1) is 9.11. The van der Waals surface area contributed by atoms with Gasteiger partial charge >= 0.3 is 0 Å². The Morgan fingerprint density at radius 2 is 2.05 bits per heavy atom. The Balaban J connectivity index is 2.00. The molecule has 0 spiro atoms. The predicted molar refractivity (Wildman–Crippen MR) is 70.4 cm³/mol. The predicted octanol–water partition coefficient (Wildman–Crippen LogP) is -0.380. The molecule has 19 heavy (non-hydrogen) atoms. The van der Waals surface area contributed by atoms with Gasteiger partial charge in [-0.3, -0.25) is 9.59 Å². The Hall–Kier alpha value is -1.14. The number of nitrogens with one attached hydrogen (secondary N) is 1. The molecular formula is C13H23N3O3. The fourth-order valence-corrected chi connectivity index (χ4v) is 3.04. The largest absolute Gasteiger partial charge is 0.380 e. The highest BCUT2D eigenvalue weighted by Gasteiger charge is 2.36. The molecule has 1 saturated carbocycles. The van der Waals surface area contributed by atoms with E-state index < -0.39 is 5.91 Å². The maximum Gasteiger partial charge on any atom is 0.240 e. The standard InChI is InChI=1S/C13H23N3O3/c1-19-10-6-11(15-7-10)13(18)16(8-12(14)17)9-4-2-3-5-9/h9-11,15H,2-8H2,1H3,(H2,14,17). The Morgan fingerprint density at radius 3 is 2.58 bits per heavy atom. The number of nitrogens with zero attached hydrogens (tertiary/aromatic N) is 1. The second kappa shape index (κ2) is 6.34. The lowest BCUT2D eigenvalue weighted by atomic mass is 10.1. The summed E-state index contributed by atoms with van der Waals surface area (Å²) < 4.78 is 5.25. The third-order valence-electron chi connectivity index (χ3n) is 4.10. The van der Waals surface area contributed by atoms with Gasteiger partial charge in [-0.15, -0.1) is 0 Å². The number of methoxy groups -OCH3 is 1. The monoisotopic (exact) mass is 269 g/mol. The number of primary amides is 1. The topological polar surface area (TPSA) is 84.7 Å². The molecule has 1 heterocycles. The molecule has 0 aromatic heterocycles. The van der Waals surface area contributed by atoms with Crippen LogP contribution in [0.15, 0.2) is 0 Å². The van der Waals surface area contributed by atoms with Crippen LogP contribution in [0.3, 0.4) is 0 Å². The molecule has 1 aliphatic heterocycles. The zero-order valence-electron chi connectivity index (χ0n) is 11.4. The molecule has 0 aromatic rings. The molecule has 2 amide bonds. The van der Waals surface area contributed by atoms with Crippen LogP contribution >= 0.6 is 0 Å². The smallest absolute Gasteiger partial charge is 0.240 e. The summed E-state index contributed by atoms with van der Waals surface area (Å²) in [5.74, 6) is -0.452. The van der Waals surface area contributed by atoms with Crippen molar-refractivity contribution in [1.29, 1.82) is 0 Å². The lowest BCUT2D eigenvalue weighted by molar-refractivity contribution is -0.139. The van der Waals surface area contributed by atoms with E-state index in [0.717, 1.165) is 25.7 Å². The zero-order chi connectivity index (χ0) is 13.8. The third-order valence-corrected chi connectivity index (χ3v) is 4.10. The Morgan fingerprint density at radius 1 is 1.37 bits per heavy atom. The van der Waals surface area contributed by atoms with E-state index in [0.29, 0.717) is 13.0 Å². The van der Waals surface area contributed by atoms with Crippen LogP contribution in [-0.4, -0.2) is 55.1 Å². The summed E-state index contributed by atoms with van der Waals surface area (Å²) in [6, 6.07) is -0.0757. The number of carbonyl (C=O) groups excluding carboxylic acids is 2. The van der Waals surface area contributed by atoms with Crippen LogP contribution in [0.25, 0.3) is 0 Å². The molecule has 2 unspecified atom stereocenters. The van der Waals surface area contributed by atoms with E-state index in [4.69, 9.17) is 10.5 Å². The molecule has 0 bridgehead atoms. The number of nitrogens with two attached hydrogens (primary N) is 1. The van der Waals surface area contributed by atoms with E-state index in [-0.39, 0.29) is 30.6 Å². The minimum atomic E-state index is -0.443. The van der Waals surface area contributed by atoms with Gasteiger partial charge in [-0.2, -0.15) is 0 Å². The second-order valence-corrected chi connectivity index (χ2v) is 5.42. The number of hydrogen-bond acceptors (Lipinski definition) is 4. The van der Waals surface area contributed by atoms with Crippen LogP contribution in [-0.2, 0) is 14.3 Å². The van der Waals surface area contributed by atoms with Crippen molar-refractivity contribution in [3.63, 3.8) is 0 Å². The summed E-state index contributed by atoms with van der Waals surface area (Å²) in [4.78, 5) is 25.4. The minimum absolute atomic E-state index is 0.00903. The normalized spacial score (nSPS) is 27.6. The fraction of sp³-hybridized carbons (Fsp3) is 0.846. The van der Waals surface area contributed by atoms with Gasteiger partial charge in [0, 0.05) is 19.7 Å². The molecule has 108 valence electrons. The highest BCUT2D eigenvalue weighted by molar-refractivity contribution is 5.87. The van der Waals surface area contributed by atoms with Gasteiger partial charge in [0.05, 0.1) is 18.7 Å². The van der Waals surface area contributed by atoms with Crippen molar-refractivity contribution in [2.45, 2.75) is 50.3 Å². The van der Waals surface area contributed by atoms with E-state index in [1.54, 1.807) is 12.0 Å². The summed E-state index contributed by atoms with van der Waals surface area (Å²) in [7, 11) is 1.65. The van der Waals surface area contributed by atoms with E-state index in [1.807, 2.05) is 0 Å². The zero-order valence-corrected chi connectivity index (χ0v) is 11.4. The molecular weight excluding hydrogens is 246 g/mol. The molecule has 2 aliphatic rings. The lowest BCUT2D eigenvalue weighted by Crippen LogP contribution is -2.50. The molecule has 2 fully saturated rings. The maximum absolute atomic E-state index is 12.5. The molecule has 0 aromatic carbocycles. The summed E-state index contributed by atoms with van der Waals surface area (Å²) in [5, 5.41) is 3.17. The van der Waals surface area contributed by atoms with Crippen LogP contribution in [0, 0.1) is 0 Å². The molecule has 2 atom stereocenters. The SMILES string of the molecule is COC1CNC(C(=O)N(CC(N)=O)C2CCCC2)C1. The summed E-state index contributed by atoms with van der Waals surface area (Å²) in [6.07, 6.45) is 4.92. The van der Waals surface area contributed by atoms with Crippen molar-refractivity contribution in [3.8, 4) is 0 Å². The molecule has 6 heteroatoms. The Labute approximate surface area is 113 Å². The fourth-order valence-electron chi connectivity index (χ4n) is 3.04. The highest BCUT2D eigenvalue weighted by Crippen LogP contribution is 2.25. The van der Waals surface area contributed by atoms with Gasteiger partial charge in [0.2, 0.25) is 11.8 Å². The van der Waals surface area contributed by atoms with Crippen LogP contribution in [0.2, 0.25) is 0 Å². The number of carbonyl (C=O) groups is 2. The van der Waals surface area contributed by atoms with E-state index in [2.05, 4.69) is 5.32 Å². The highest BCUT2D eigenvalue weighted by atomic mass is 16.5. The van der Waals surface area contributed by atoms with Gasteiger partial charge in [-0.05, 0) is 19.3 Å². The molecule has 1 aliphatic carbocycles. The van der Waals surface area contributed by atoms with Crippen LogP contribution in [0.1, 0.15) is 32.1 Å². The molecule has 6 nitrogen and oxygen atoms in total. The van der Waals surface area contributed by atoms with Gasteiger partial charge in [0.15, 0.2) is 0 Å². The lowest BCUT2D eigenvalue weighted by Gasteiger charge is -2.30. The Kier molecular flexibility index (Phi) is 4.76. The van der Waals surface area contributed by atoms with Gasteiger partial charge in [0.1, 0.15) is 0 Å². The van der Waals surface area contributed by atoms with Crippen LogP contribution in [0.4, 0.5) is 0 Å². The van der Waals surface area contributed by atoms with Gasteiger partial charge < -0.3 is 20.7 Å². The first-order valence-corrected chi connectivity index (χ1v) is 6.96. The molecule has 3 N–H and O–H groups in total. The van der Waals surface area contributed by atoms with E-state index in [9.17, 15) is 9.59 Å². The molecule has 0 radical (unpaired) electrons. The number of ether oxygens (including phenoxy) is 1. The van der Waals surface area contributed by atoms with Crippen LogP contribution in [0.5, 0.6) is 0 Å². The van der Waals surface area contributed by atoms with Crippen molar-refractivity contribution in [2.75, 3.05) is 20.2 Å². The molecule has 2 rings (SSSR count). The molecule has 1 saturated heterocycles. The average molecular weight is 269 g/mol. The van der Waals surface area contributed by atoms with Gasteiger partial charge in [-0.25, -0.2) is 0 Å². The number of hydrogen-bond donors (Lipinski definition) is 2. The maximum atomic E-state index is 12.5. The number of rotatable bonds is 5. The van der Waals surface area contributed by atoms with E-state index >= 15 is 0 Å². The average Bonchev–Trinajstić information content (AvgIpc) is 3.05. The second-order valence-electron chi connectivity index (χ2n) is 5.42. The summed E-state index contributed by atoms with van der Waals surface area (Å²) >= 11 is 0. The first-order valence-electron chi connectivity index (χ1n) is 6.96. The third kappa shape index (κ3) is 3.45. The summed E-state index contributed by atoms with van der Waals surface area (Å²) in [5.41, 5.74) is 5.27. The van der Waals surface area contributed by atoms with Crippen molar-refractivity contribution in [3.05, 3.63) is 0 Å². The van der Waals surface area contributed by atoms with Crippen molar-refractivity contribution >= 4 is 11.8 Å². The summed E-state index contributed by atoms with van der Waals surface area (Å²) in [6.45, 7) is 0.710. The van der Waals surface area contributed by atoms with Crippen LogP contribution < -0.4 is 11.1 Å². The minimum Gasteiger partial charge on any atom is -0.380 e. The van der Waals surface area contributed by atoms with Crippen molar-refractivity contribution < 1.29 is 14.3 Å². The Bertz CT molecular complexity index is 342.